The van der Waals surface area contributed by atoms with Crippen molar-refractivity contribution < 1.29 is 14.7 Å². The summed E-state index contributed by atoms with van der Waals surface area (Å²) < 4.78 is 0.954. The van der Waals surface area contributed by atoms with Gasteiger partial charge >= 0.3 is 12.0 Å². The van der Waals surface area contributed by atoms with Gasteiger partial charge in [-0.25, -0.2) is 4.79 Å². The second-order valence-corrected chi connectivity index (χ2v) is 5.64. The number of amides is 2. The lowest BCUT2D eigenvalue weighted by atomic mass is 10.2. The van der Waals surface area contributed by atoms with Crippen LogP contribution in [0.5, 0.6) is 0 Å². The molecule has 0 aliphatic carbocycles. The third kappa shape index (κ3) is 5.61. The molecule has 0 aliphatic rings. The van der Waals surface area contributed by atoms with Crippen molar-refractivity contribution >= 4 is 27.9 Å². The number of benzene rings is 1. The van der Waals surface area contributed by atoms with E-state index >= 15 is 0 Å². The fraction of sp³-hybridized carbons (Fsp3) is 0.429. The molecule has 5 nitrogen and oxygen atoms in total. The summed E-state index contributed by atoms with van der Waals surface area (Å²) in [6, 6.07) is 7.37. The first kappa shape index (κ1) is 16.5. The van der Waals surface area contributed by atoms with E-state index in [4.69, 9.17) is 5.11 Å². The Morgan fingerprint density at radius 1 is 1.40 bits per heavy atom. The Labute approximate surface area is 127 Å². The summed E-state index contributed by atoms with van der Waals surface area (Å²) in [6.07, 6.45) is -0.0531. The van der Waals surface area contributed by atoms with E-state index in [1.807, 2.05) is 38.1 Å². The van der Waals surface area contributed by atoms with Crippen LogP contribution in [-0.2, 0) is 11.3 Å². The minimum absolute atomic E-state index is 0.0446. The van der Waals surface area contributed by atoms with Crippen LogP contribution in [-0.4, -0.2) is 34.6 Å². The van der Waals surface area contributed by atoms with E-state index in [0.29, 0.717) is 6.54 Å². The molecule has 2 N–H and O–H groups in total. The second kappa shape index (κ2) is 7.89. The molecule has 0 saturated carbocycles. The summed E-state index contributed by atoms with van der Waals surface area (Å²) in [7, 11) is 0. The van der Waals surface area contributed by atoms with Crippen LogP contribution in [0.1, 0.15) is 25.8 Å². The fourth-order valence-electron chi connectivity index (χ4n) is 1.74. The maximum atomic E-state index is 12.1. The smallest absolute Gasteiger partial charge is 0.317 e. The highest BCUT2D eigenvalue weighted by molar-refractivity contribution is 9.10. The van der Waals surface area contributed by atoms with E-state index in [9.17, 15) is 9.59 Å². The number of carbonyl (C=O) groups is 2. The molecule has 20 heavy (non-hydrogen) atoms. The molecule has 6 heteroatoms. The van der Waals surface area contributed by atoms with Crippen molar-refractivity contribution in [1.82, 2.24) is 10.2 Å². The maximum absolute atomic E-state index is 12.1. The number of carbonyl (C=O) groups excluding carboxylic acids is 1. The van der Waals surface area contributed by atoms with Crippen molar-refractivity contribution in [1.29, 1.82) is 0 Å². The van der Waals surface area contributed by atoms with E-state index in [1.54, 1.807) is 0 Å². The quantitative estimate of drug-likeness (QED) is 0.835. The summed E-state index contributed by atoms with van der Waals surface area (Å²) in [5.41, 5.74) is 0.981. The van der Waals surface area contributed by atoms with Crippen molar-refractivity contribution in [2.24, 2.45) is 0 Å². The van der Waals surface area contributed by atoms with Gasteiger partial charge in [0.15, 0.2) is 0 Å². The zero-order valence-electron chi connectivity index (χ0n) is 11.6. The molecule has 1 rings (SSSR count). The molecule has 110 valence electrons. The van der Waals surface area contributed by atoms with Crippen molar-refractivity contribution in [2.75, 3.05) is 6.54 Å². The molecule has 0 fully saturated rings. The van der Waals surface area contributed by atoms with Crippen LogP contribution >= 0.6 is 15.9 Å². The van der Waals surface area contributed by atoms with Crippen molar-refractivity contribution in [3.63, 3.8) is 0 Å². The van der Waals surface area contributed by atoms with Crippen LogP contribution in [0.25, 0.3) is 0 Å². The Bertz CT molecular complexity index is 477. The Hall–Kier alpha value is -1.56. The van der Waals surface area contributed by atoms with E-state index in [0.717, 1.165) is 10.0 Å². The molecule has 0 unspecified atom stereocenters. The predicted octanol–water partition coefficient (Wildman–Crippen LogP) is 2.84. The molecule has 1 aromatic carbocycles. The predicted molar refractivity (Wildman–Crippen MR) is 80.5 cm³/mol. The van der Waals surface area contributed by atoms with E-state index in [1.165, 1.54) is 4.90 Å². The number of aliphatic carboxylic acids is 1. The summed E-state index contributed by atoms with van der Waals surface area (Å²) in [5, 5.41) is 11.5. The van der Waals surface area contributed by atoms with Crippen molar-refractivity contribution in [3.8, 4) is 0 Å². The number of hydrogen-bond acceptors (Lipinski definition) is 2. The van der Waals surface area contributed by atoms with Crippen LogP contribution in [0.15, 0.2) is 28.7 Å². The number of nitrogens with zero attached hydrogens (tertiary/aromatic N) is 1. The van der Waals surface area contributed by atoms with Gasteiger partial charge in [-0.2, -0.15) is 0 Å². The van der Waals surface area contributed by atoms with Crippen molar-refractivity contribution in [3.05, 3.63) is 34.3 Å². The molecule has 2 amide bonds. The van der Waals surface area contributed by atoms with E-state index in [-0.39, 0.29) is 25.0 Å². The molecule has 0 bridgehead atoms. The number of urea groups is 1. The monoisotopic (exact) mass is 342 g/mol. The molecular weight excluding hydrogens is 324 g/mol. The molecule has 0 saturated heterocycles. The largest absolute Gasteiger partial charge is 0.481 e. The SMILES string of the molecule is CC(C)N(CCC(=O)O)C(=O)NCc1cccc(Br)c1. The molecule has 1 aromatic rings. The normalized spacial score (nSPS) is 10.4. The van der Waals surface area contributed by atoms with Crippen LogP contribution < -0.4 is 5.32 Å². The van der Waals surface area contributed by atoms with Gasteiger partial charge in [-0.15, -0.1) is 0 Å². The zero-order chi connectivity index (χ0) is 15.1. The molecule has 0 heterocycles. The Morgan fingerprint density at radius 2 is 2.10 bits per heavy atom. The van der Waals surface area contributed by atoms with Gasteiger partial charge in [0.05, 0.1) is 6.42 Å². The first-order chi connectivity index (χ1) is 9.40. The molecule has 0 radical (unpaired) electrons. The summed E-state index contributed by atoms with van der Waals surface area (Å²) in [4.78, 5) is 24.2. The van der Waals surface area contributed by atoms with Crippen LogP contribution in [0.2, 0.25) is 0 Å². The molecule has 0 spiro atoms. The average molecular weight is 343 g/mol. The van der Waals surface area contributed by atoms with Gasteiger partial charge in [-0.05, 0) is 31.5 Å². The summed E-state index contributed by atoms with van der Waals surface area (Å²) in [5.74, 6) is -0.907. The van der Waals surface area contributed by atoms with Gasteiger partial charge in [0.25, 0.3) is 0 Å². The lowest BCUT2D eigenvalue weighted by Gasteiger charge is -2.26. The second-order valence-electron chi connectivity index (χ2n) is 4.72. The molecule has 0 atom stereocenters. The maximum Gasteiger partial charge on any atom is 0.317 e. The Morgan fingerprint density at radius 3 is 2.65 bits per heavy atom. The van der Waals surface area contributed by atoms with E-state index < -0.39 is 5.97 Å². The number of rotatable bonds is 6. The van der Waals surface area contributed by atoms with Crippen molar-refractivity contribution in [2.45, 2.75) is 32.9 Å². The van der Waals surface area contributed by atoms with Gasteiger partial charge in [0.2, 0.25) is 0 Å². The van der Waals surface area contributed by atoms with Gasteiger partial charge in [0.1, 0.15) is 0 Å². The molecule has 0 aliphatic heterocycles. The average Bonchev–Trinajstić information content (AvgIpc) is 2.36. The zero-order valence-corrected chi connectivity index (χ0v) is 13.2. The van der Waals surface area contributed by atoms with Crippen LogP contribution in [0.4, 0.5) is 4.79 Å². The molecule has 0 aromatic heterocycles. The first-order valence-corrected chi connectivity index (χ1v) is 7.20. The standard InChI is InChI=1S/C14H19BrN2O3/c1-10(2)17(7-6-13(18)19)14(20)16-9-11-4-3-5-12(15)8-11/h3-5,8,10H,6-7,9H2,1-2H3,(H,16,20)(H,18,19). The highest BCUT2D eigenvalue weighted by Gasteiger charge is 2.17. The third-order valence-electron chi connectivity index (χ3n) is 2.78. The number of hydrogen-bond donors (Lipinski definition) is 2. The number of carboxylic acid groups (broad SMARTS) is 1. The summed E-state index contributed by atoms with van der Waals surface area (Å²) in [6.45, 7) is 4.34. The lowest BCUT2D eigenvalue weighted by molar-refractivity contribution is -0.137. The van der Waals surface area contributed by atoms with Gasteiger partial charge in [-0.1, -0.05) is 28.1 Å². The van der Waals surface area contributed by atoms with Crippen LogP contribution in [0.3, 0.4) is 0 Å². The number of carboxylic acids is 1. The van der Waals surface area contributed by atoms with Crippen LogP contribution in [0, 0.1) is 0 Å². The highest BCUT2D eigenvalue weighted by Crippen LogP contribution is 2.11. The van der Waals surface area contributed by atoms with Gasteiger partial charge in [-0.3, -0.25) is 4.79 Å². The highest BCUT2D eigenvalue weighted by atomic mass is 79.9. The Balaban J connectivity index is 2.55. The molecular formula is C14H19BrN2O3. The topological polar surface area (TPSA) is 69.6 Å². The van der Waals surface area contributed by atoms with Gasteiger partial charge in [0, 0.05) is 23.6 Å². The summed E-state index contributed by atoms with van der Waals surface area (Å²) >= 11 is 3.37. The van der Waals surface area contributed by atoms with Gasteiger partial charge < -0.3 is 15.3 Å². The fourth-order valence-corrected chi connectivity index (χ4v) is 2.18. The minimum atomic E-state index is -0.907. The van der Waals surface area contributed by atoms with E-state index in [2.05, 4.69) is 21.2 Å². The lowest BCUT2D eigenvalue weighted by Crippen LogP contribution is -2.44. The number of halogens is 1. The minimum Gasteiger partial charge on any atom is -0.481 e. The number of nitrogens with one attached hydrogen (secondary N) is 1. The first-order valence-electron chi connectivity index (χ1n) is 6.41. The Kier molecular flexibility index (Phi) is 6.51. The third-order valence-corrected chi connectivity index (χ3v) is 3.28.